The molecule has 2 N–H and O–H groups in total. The summed E-state index contributed by atoms with van der Waals surface area (Å²) in [5, 5.41) is 2.98. The highest BCUT2D eigenvalue weighted by atomic mass is 35.5. The molecule has 1 amide bonds. The number of aromatic amines is 1. The Morgan fingerprint density at radius 2 is 2.16 bits per heavy atom. The molecular formula is C14H16ClN3O. The van der Waals surface area contributed by atoms with Gasteiger partial charge in [-0.25, -0.2) is 4.98 Å². The van der Waals surface area contributed by atoms with Crippen molar-refractivity contribution in [2.75, 3.05) is 0 Å². The Morgan fingerprint density at radius 3 is 2.84 bits per heavy atom. The van der Waals surface area contributed by atoms with Gasteiger partial charge in [0.1, 0.15) is 0 Å². The van der Waals surface area contributed by atoms with Crippen molar-refractivity contribution in [3.63, 3.8) is 0 Å². The molecule has 2 aromatic rings. The van der Waals surface area contributed by atoms with Crippen LogP contribution in [0.25, 0.3) is 0 Å². The molecule has 0 radical (unpaired) electrons. The molecule has 1 aliphatic carbocycles. The second-order valence-corrected chi connectivity index (χ2v) is 4.66. The summed E-state index contributed by atoms with van der Waals surface area (Å²) in [6.07, 6.45) is 4.38. The Bertz CT molecular complexity index is 527. The summed E-state index contributed by atoms with van der Waals surface area (Å²) in [6.45, 7) is 0.603. The van der Waals surface area contributed by atoms with Crippen molar-refractivity contribution in [2.24, 2.45) is 5.92 Å². The van der Waals surface area contributed by atoms with Crippen LogP contribution in [0.5, 0.6) is 0 Å². The third-order valence-corrected chi connectivity index (χ3v) is 3.36. The molecule has 2 atom stereocenters. The van der Waals surface area contributed by atoms with E-state index in [4.69, 9.17) is 0 Å². The minimum atomic E-state index is 0. The number of benzene rings is 1. The number of carbonyl (C=O) groups is 1. The number of amides is 1. The van der Waals surface area contributed by atoms with Crippen LogP contribution in [0, 0.1) is 5.92 Å². The summed E-state index contributed by atoms with van der Waals surface area (Å²) in [6, 6.07) is 9.96. The second kappa shape index (κ2) is 5.89. The van der Waals surface area contributed by atoms with Crippen LogP contribution in [0.3, 0.4) is 0 Å². The van der Waals surface area contributed by atoms with Gasteiger partial charge in [-0.2, -0.15) is 0 Å². The Kier molecular flexibility index (Phi) is 4.22. The van der Waals surface area contributed by atoms with Crippen LogP contribution in [-0.2, 0) is 11.3 Å². The van der Waals surface area contributed by atoms with E-state index in [1.54, 1.807) is 12.5 Å². The van der Waals surface area contributed by atoms with Crippen molar-refractivity contribution in [3.05, 3.63) is 54.1 Å². The molecule has 4 nitrogen and oxygen atoms in total. The average molecular weight is 278 g/mol. The van der Waals surface area contributed by atoms with E-state index in [1.165, 1.54) is 0 Å². The second-order valence-electron chi connectivity index (χ2n) is 4.66. The van der Waals surface area contributed by atoms with E-state index in [0.29, 0.717) is 12.5 Å². The van der Waals surface area contributed by atoms with Gasteiger partial charge in [0.25, 0.3) is 0 Å². The van der Waals surface area contributed by atoms with Crippen LogP contribution in [0.2, 0.25) is 0 Å². The molecule has 0 spiro atoms. The minimum Gasteiger partial charge on any atom is -0.352 e. The first kappa shape index (κ1) is 13.6. The molecule has 5 heteroatoms. The van der Waals surface area contributed by atoms with E-state index >= 15 is 0 Å². The lowest BCUT2D eigenvalue weighted by Crippen LogP contribution is -2.24. The highest BCUT2D eigenvalue weighted by Gasteiger charge is 2.44. The zero-order chi connectivity index (χ0) is 12.4. The van der Waals surface area contributed by atoms with Crippen LogP contribution < -0.4 is 5.32 Å². The largest absolute Gasteiger partial charge is 0.352 e. The predicted octanol–water partition coefficient (Wildman–Crippen LogP) is 2.25. The standard InChI is InChI=1S/C14H15N3O.ClH/c18-14(16-7-10-4-2-1-3-5-10)12-6-11(12)13-8-15-9-17-13;/h1-5,8-9,11-12H,6-7H2,(H,15,17)(H,16,18);1H/t11-,12?;/m0./s1. The maximum Gasteiger partial charge on any atom is 0.224 e. The summed E-state index contributed by atoms with van der Waals surface area (Å²) >= 11 is 0. The van der Waals surface area contributed by atoms with E-state index in [1.807, 2.05) is 30.3 Å². The number of H-pyrrole nitrogens is 1. The van der Waals surface area contributed by atoms with Crippen LogP contribution in [0.4, 0.5) is 0 Å². The lowest BCUT2D eigenvalue weighted by Gasteiger charge is -2.04. The molecule has 19 heavy (non-hydrogen) atoms. The van der Waals surface area contributed by atoms with Crippen molar-refractivity contribution < 1.29 is 4.79 Å². The van der Waals surface area contributed by atoms with Crippen LogP contribution in [0.1, 0.15) is 23.6 Å². The van der Waals surface area contributed by atoms with Crippen LogP contribution >= 0.6 is 12.4 Å². The number of rotatable bonds is 4. The summed E-state index contributed by atoms with van der Waals surface area (Å²) < 4.78 is 0. The molecule has 1 fully saturated rings. The zero-order valence-corrected chi connectivity index (χ0v) is 11.2. The minimum absolute atomic E-state index is 0. The fraction of sp³-hybridized carbons (Fsp3) is 0.286. The Balaban J connectivity index is 0.00000133. The smallest absolute Gasteiger partial charge is 0.224 e. The fourth-order valence-electron chi connectivity index (χ4n) is 2.21. The van der Waals surface area contributed by atoms with Gasteiger partial charge >= 0.3 is 0 Å². The van der Waals surface area contributed by atoms with Gasteiger partial charge in [-0.05, 0) is 12.0 Å². The third kappa shape index (κ3) is 3.15. The van der Waals surface area contributed by atoms with E-state index in [2.05, 4.69) is 15.3 Å². The highest BCUT2D eigenvalue weighted by molar-refractivity contribution is 5.85. The molecule has 0 bridgehead atoms. The van der Waals surface area contributed by atoms with Crippen LogP contribution in [-0.4, -0.2) is 15.9 Å². The summed E-state index contributed by atoms with van der Waals surface area (Å²) in [4.78, 5) is 19.0. The van der Waals surface area contributed by atoms with E-state index in [9.17, 15) is 4.79 Å². The van der Waals surface area contributed by atoms with Crippen molar-refractivity contribution in [3.8, 4) is 0 Å². The van der Waals surface area contributed by atoms with Gasteiger partial charge in [0, 0.05) is 30.3 Å². The number of hydrogen-bond donors (Lipinski definition) is 2. The lowest BCUT2D eigenvalue weighted by atomic mass is 10.2. The maximum atomic E-state index is 11.9. The van der Waals surface area contributed by atoms with Gasteiger partial charge in [0.2, 0.25) is 5.91 Å². The number of carbonyl (C=O) groups excluding carboxylic acids is 1. The van der Waals surface area contributed by atoms with Gasteiger partial charge in [-0.3, -0.25) is 4.79 Å². The summed E-state index contributed by atoms with van der Waals surface area (Å²) in [5.41, 5.74) is 2.19. The molecule has 1 unspecified atom stereocenters. The van der Waals surface area contributed by atoms with Gasteiger partial charge in [-0.1, -0.05) is 30.3 Å². The molecule has 3 rings (SSSR count). The number of hydrogen-bond acceptors (Lipinski definition) is 2. The number of nitrogens with zero attached hydrogens (tertiary/aromatic N) is 1. The fourth-order valence-corrected chi connectivity index (χ4v) is 2.21. The maximum absolute atomic E-state index is 11.9. The number of aromatic nitrogens is 2. The van der Waals surface area contributed by atoms with E-state index < -0.39 is 0 Å². The summed E-state index contributed by atoms with van der Waals surface area (Å²) in [7, 11) is 0. The molecule has 0 aliphatic heterocycles. The van der Waals surface area contributed by atoms with Crippen LogP contribution in [0.15, 0.2) is 42.9 Å². The van der Waals surface area contributed by atoms with Gasteiger partial charge in [0.15, 0.2) is 0 Å². The average Bonchev–Trinajstić information content (AvgIpc) is 3.03. The normalized spacial score (nSPS) is 20.4. The first-order valence-corrected chi connectivity index (χ1v) is 6.14. The monoisotopic (exact) mass is 277 g/mol. The SMILES string of the molecule is Cl.O=C(NCc1ccccc1)C1C[C@@H]1c1cnc[nH]1. The molecule has 1 heterocycles. The lowest BCUT2D eigenvalue weighted by molar-refractivity contribution is -0.122. The van der Waals surface area contributed by atoms with Gasteiger partial charge < -0.3 is 10.3 Å². The van der Waals surface area contributed by atoms with Gasteiger partial charge in [0.05, 0.1) is 6.33 Å². The molecular weight excluding hydrogens is 262 g/mol. The van der Waals surface area contributed by atoms with Crippen molar-refractivity contribution in [2.45, 2.75) is 18.9 Å². The first-order chi connectivity index (χ1) is 8.84. The topological polar surface area (TPSA) is 57.8 Å². The van der Waals surface area contributed by atoms with Crippen molar-refractivity contribution in [1.29, 1.82) is 0 Å². The van der Waals surface area contributed by atoms with Crippen molar-refractivity contribution in [1.82, 2.24) is 15.3 Å². The molecule has 1 aromatic heterocycles. The first-order valence-electron chi connectivity index (χ1n) is 6.14. The molecule has 1 aromatic carbocycles. The Labute approximate surface area is 118 Å². The molecule has 100 valence electrons. The number of imidazole rings is 1. The highest BCUT2D eigenvalue weighted by Crippen LogP contribution is 2.46. The zero-order valence-electron chi connectivity index (χ0n) is 10.4. The van der Waals surface area contributed by atoms with E-state index in [0.717, 1.165) is 17.7 Å². The Hall–Kier alpha value is -1.81. The Morgan fingerprint density at radius 1 is 1.37 bits per heavy atom. The molecule has 0 saturated heterocycles. The predicted molar refractivity (Wildman–Crippen MR) is 75.0 cm³/mol. The van der Waals surface area contributed by atoms with Gasteiger partial charge in [-0.15, -0.1) is 12.4 Å². The summed E-state index contributed by atoms with van der Waals surface area (Å²) in [5.74, 6) is 0.566. The number of nitrogens with one attached hydrogen (secondary N) is 2. The third-order valence-electron chi connectivity index (χ3n) is 3.36. The number of halogens is 1. The quantitative estimate of drug-likeness (QED) is 0.901. The molecule has 1 aliphatic rings. The molecule has 1 saturated carbocycles. The van der Waals surface area contributed by atoms with Crippen molar-refractivity contribution >= 4 is 18.3 Å². The van der Waals surface area contributed by atoms with E-state index in [-0.39, 0.29) is 24.2 Å².